The highest BCUT2D eigenvalue weighted by molar-refractivity contribution is 5.86. The van der Waals surface area contributed by atoms with Crippen LogP contribution in [0.1, 0.15) is 57.8 Å². The van der Waals surface area contributed by atoms with Gasteiger partial charge in [-0.3, -0.25) is 9.69 Å². The first kappa shape index (κ1) is 15.3. The summed E-state index contributed by atoms with van der Waals surface area (Å²) in [6.07, 6.45) is 10.5. The summed E-state index contributed by atoms with van der Waals surface area (Å²) in [6.45, 7) is 4.35. The molecule has 4 nitrogen and oxygen atoms in total. The summed E-state index contributed by atoms with van der Waals surface area (Å²) in [4.78, 5) is 17.0. The fourth-order valence-electron chi connectivity index (χ4n) is 4.38. The van der Waals surface area contributed by atoms with Crippen LogP contribution in [0.3, 0.4) is 0 Å². The molecule has 21 heavy (non-hydrogen) atoms. The highest BCUT2D eigenvalue weighted by atomic mass is 16.3. The van der Waals surface area contributed by atoms with Crippen LogP contribution in [-0.4, -0.2) is 59.1 Å². The first-order valence-corrected chi connectivity index (χ1v) is 8.91. The molecule has 0 bridgehead atoms. The van der Waals surface area contributed by atoms with Crippen LogP contribution in [0.15, 0.2) is 0 Å². The minimum absolute atomic E-state index is 0.00576. The normalized spacial score (nSPS) is 32.8. The Hall–Kier alpha value is -0.610. The molecule has 1 amide bonds. The molecule has 1 aliphatic carbocycles. The lowest BCUT2D eigenvalue weighted by Gasteiger charge is -2.41. The van der Waals surface area contributed by atoms with Crippen molar-refractivity contribution in [2.45, 2.75) is 63.4 Å². The standard InChI is InChI=1S/C17H30N2O2/c20-16-17(21,14-18-10-4-5-11-18)9-6-12-19(16)13-15-7-2-1-3-8-15/h15,21H,1-14H2. The van der Waals surface area contributed by atoms with E-state index in [9.17, 15) is 9.90 Å². The Morgan fingerprint density at radius 1 is 1.00 bits per heavy atom. The third-order valence-electron chi connectivity index (χ3n) is 5.59. The van der Waals surface area contributed by atoms with Crippen molar-refractivity contribution in [1.82, 2.24) is 9.80 Å². The molecule has 120 valence electrons. The van der Waals surface area contributed by atoms with Gasteiger partial charge < -0.3 is 10.0 Å². The van der Waals surface area contributed by atoms with Gasteiger partial charge in [-0.1, -0.05) is 19.3 Å². The summed E-state index contributed by atoms with van der Waals surface area (Å²) in [5.41, 5.74) is -1.11. The highest BCUT2D eigenvalue weighted by Crippen LogP contribution is 2.29. The molecule has 4 heteroatoms. The lowest BCUT2D eigenvalue weighted by Crippen LogP contribution is -2.59. The van der Waals surface area contributed by atoms with Crippen molar-refractivity contribution in [1.29, 1.82) is 0 Å². The lowest BCUT2D eigenvalue weighted by atomic mass is 9.86. The van der Waals surface area contributed by atoms with Crippen LogP contribution in [0, 0.1) is 5.92 Å². The van der Waals surface area contributed by atoms with Crippen LogP contribution in [0.25, 0.3) is 0 Å². The molecule has 3 aliphatic rings. The van der Waals surface area contributed by atoms with Crippen LogP contribution in [0.4, 0.5) is 0 Å². The van der Waals surface area contributed by atoms with Crippen LogP contribution >= 0.6 is 0 Å². The fourth-order valence-corrected chi connectivity index (χ4v) is 4.38. The molecule has 2 saturated heterocycles. The smallest absolute Gasteiger partial charge is 0.255 e. The topological polar surface area (TPSA) is 43.8 Å². The van der Waals surface area contributed by atoms with E-state index < -0.39 is 5.60 Å². The van der Waals surface area contributed by atoms with E-state index in [1.54, 1.807) is 0 Å². The van der Waals surface area contributed by atoms with Crippen LogP contribution in [-0.2, 0) is 4.79 Å². The summed E-state index contributed by atoms with van der Waals surface area (Å²) < 4.78 is 0. The Balaban J connectivity index is 1.58. The Morgan fingerprint density at radius 2 is 1.71 bits per heavy atom. The summed E-state index contributed by atoms with van der Waals surface area (Å²) >= 11 is 0. The number of piperidine rings is 1. The van der Waals surface area contributed by atoms with Crippen LogP contribution in [0.5, 0.6) is 0 Å². The van der Waals surface area contributed by atoms with Crippen molar-refractivity contribution >= 4 is 5.91 Å². The maximum Gasteiger partial charge on any atom is 0.255 e. The summed E-state index contributed by atoms with van der Waals surface area (Å²) in [7, 11) is 0. The van der Waals surface area contributed by atoms with E-state index in [0.29, 0.717) is 18.9 Å². The molecule has 3 rings (SSSR count). The largest absolute Gasteiger partial charge is 0.379 e. The van der Waals surface area contributed by atoms with Gasteiger partial charge in [-0.2, -0.15) is 0 Å². The molecule has 0 radical (unpaired) electrons. The zero-order valence-electron chi connectivity index (χ0n) is 13.2. The van der Waals surface area contributed by atoms with E-state index in [0.717, 1.165) is 32.6 Å². The number of carbonyl (C=O) groups excluding carboxylic acids is 1. The van der Waals surface area contributed by atoms with Crippen molar-refractivity contribution < 1.29 is 9.90 Å². The summed E-state index contributed by atoms with van der Waals surface area (Å²) in [5, 5.41) is 10.9. The predicted molar refractivity (Wildman–Crippen MR) is 83.0 cm³/mol. The minimum atomic E-state index is -1.11. The minimum Gasteiger partial charge on any atom is -0.379 e. The highest BCUT2D eigenvalue weighted by Gasteiger charge is 2.43. The third-order valence-corrected chi connectivity index (χ3v) is 5.59. The molecule has 1 unspecified atom stereocenters. The number of hydrogen-bond donors (Lipinski definition) is 1. The van der Waals surface area contributed by atoms with Gasteiger partial charge in [-0.15, -0.1) is 0 Å². The number of aliphatic hydroxyl groups is 1. The average Bonchev–Trinajstić information content (AvgIpc) is 2.98. The number of hydrogen-bond acceptors (Lipinski definition) is 3. The molecule has 0 aromatic rings. The Labute approximate surface area is 128 Å². The molecular weight excluding hydrogens is 264 g/mol. The molecule has 1 saturated carbocycles. The number of amides is 1. The van der Waals surface area contributed by atoms with Crippen molar-refractivity contribution in [2.75, 3.05) is 32.7 Å². The molecule has 1 atom stereocenters. The zero-order valence-corrected chi connectivity index (χ0v) is 13.2. The Morgan fingerprint density at radius 3 is 2.43 bits per heavy atom. The van der Waals surface area contributed by atoms with Gasteiger partial charge in [-0.05, 0) is 57.5 Å². The second-order valence-electron chi connectivity index (χ2n) is 7.37. The average molecular weight is 294 g/mol. The molecule has 2 heterocycles. The van der Waals surface area contributed by atoms with Crippen LogP contribution < -0.4 is 0 Å². The van der Waals surface area contributed by atoms with Crippen LogP contribution in [0.2, 0.25) is 0 Å². The molecule has 0 aromatic heterocycles. The second kappa shape index (κ2) is 6.66. The number of β-amino-alcohol motifs (C(OH)–C–C–N with tert-alkyl or cyclic N) is 1. The van der Waals surface area contributed by atoms with Gasteiger partial charge in [0.1, 0.15) is 0 Å². The van der Waals surface area contributed by atoms with Crippen molar-refractivity contribution in [3.05, 3.63) is 0 Å². The van der Waals surface area contributed by atoms with E-state index in [2.05, 4.69) is 4.90 Å². The first-order valence-electron chi connectivity index (χ1n) is 8.91. The Bertz CT molecular complexity index is 362. The van der Waals surface area contributed by atoms with E-state index in [-0.39, 0.29) is 5.91 Å². The van der Waals surface area contributed by atoms with E-state index in [1.165, 1.54) is 44.9 Å². The number of nitrogens with zero attached hydrogens (tertiary/aromatic N) is 2. The van der Waals surface area contributed by atoms with Crippen molar-refractivity contribution in [2.24, 2.45) is 5.92 Å². The van der Waals surface area contributed by atoms with Gasteiger partial charge in [0.25, 0.3) is 5.91 Å². The number of carbonyl (C=O) groups is 1. The number of rotatable bonds is 4. The lowest BCUT2D eigenvalue weighted by molar-refractivity contribution is -0.160. The van der Waals surface area contributed by atoms with Crippen molar-refractivity contribution in [3.63, 3.8) is 0 Å². The summed E-state index contributed by atoms with van der Waals surface area (Å²) in [6, 6.07) is 0. The summed E-state index contributed by atoms with van der Waals surface area (Å²) in [5.74, 6) is 0.670. The Kier molecular flexibility index (Phi) is 4.85. The molecule has 3 fully saturated rings. The molecule has 1 N–H and O–H groups in total. The maximum absolute atomic E-state index is 12.8. The second-order valence-corrected chi connectivity index (χ2v) is 7.37. The molecular formula is C17H30N2O2. The van der Waals surface area contributed by atoms with Gasteiger partial charge in [0.15, 0.2) is 5.60 Å². The SMILES string of the molecule is O=C1N(CC2CCCCC2)CCCC1(O)CN1CCCC1. The quantitative estimate of drug-likeness (QED) is 0.862. The van der Waals surface area contributed by atoms with Gasteiger partial charge in [0, 0.05) is 19.6 Å². The van der Waals surface area contributed by atoms with Crippen molar-refractivity contribution in [3.8, 4) is 0 Å². The van der Waals surface area contributed by atoms with E-state index in [4.69, 9.17) is 0 Å². The first-order chi connectivity index (χ1) is 10.2. The maximum atomic E-state index is 12.8. The molecule has 0 aromatic carbocycles. The predicted octanol–water partition coefficient (Wildman–Crippen LogP) is 2.02. The van der Waals surface area contributed by atoms with Gasteiger partial charge >= 0.3 is 0 Å². The third kappa shape index (κ3) is 3.59. The van der Waals surface area contributed by atoms with E-state index in [1.807, 2.05) is 4.90 Å². The van der Waals surface area contributed by atoms with Gasteiger partial charge in [0.2, 0.25) is 0 Å². The number of likely N-dealkylation sites (tertiary alicyclic amines) is 2. The zero-order chi connectivity index (χ0) is 14.7. The molecule has 2 aliphatic heterocycles. The van der Waals surface area contributed by atoms with E-state index >= 15 is 0 Å². The van der Waals surface area contributed by atoms with Gasteiger partial charge in [-0.25, -0.2) is 0 Å². The molecule has 0 spiro atoms. The fraction of sp³-hybridized carbons (Fsp3) is 0.941. The van der Waals surface area contributed by atoms with Gasteiger partial charge in [0.05, 0.1) is 0 Å². The monoisotopic (exact) mass is 294 g/mol.